The molecule has 0 aromatic carbocycles. The molecule has 0 aromatic heterocycles. The van der Waals surface area contributed by atoms with Gasteiger partial charge in [-0.1, -0.05) is 12.2 Å². The van der Waals surface area contributed by atoms with E-state index in [9.17, 15) is 4.79 Å². The first kappa shape index (κ1) is 8.75. The summed E-state index contributed by atoms with van der Waals surface area (Å²) in [4.78, 5) is 13.7. The van der Waals surface area contributed by atoms with Gasteiger partial charge in [-0.2, -0.15) is 0 Å². The fourth-order valence-electron chi connectivity index (χ4n) is 1.96. The molecule has 0 radical (unpaired) electrons. The lowest BCUT2D eigenvalue weighted by molar-refractivity contribution is -0.138. The van der Waals surface area contributed by atoms with Crippen LogP contribution in [0.2, 0.25) is 0 Å². The molecule has 1 amide bonds. The Hall–Kier alpha value is -0.830. The lowest BCUT2D eigenvalue weighted by atomic mass is 9.80. The van der Waals surface area contributed by atoms with E-state index in [0.717, 1.165) is 32.4 Å². The van der Waals surface area contributed by atoms with E-state index in [1.807, 2.05) is 4.90 Å². The zero-order valence-corrected chi connectivity index (χ0v) is 7.78. The zero-order chi connectivity index (χ0) is 9.26. The van der Waals surface area contributed by atoms with Crippen LogP contribution in [0.3, 0.4) is 0 Å². The molecule has 0 saturated heterocycles. The highest BCUT2D eigenvalue weighted by Crippen LogP contribution is 2.27. The highest BCUT2D eigenvalue weighted by molar-refractivity contribution is 5.80. The average molecular weight is 180 g/mol. The molecule has 13 heavy (non-hydrogen) atoms. The van der Waals surface area contributed by atoms with Gasteiger partial charge in [-0.25, -0.2) is 0 Å². The van der Waals surface area contributed by atoms with Crippen LogP contribution >= 0.6 is 0 Å². The number of amides is 1. The summed E-state index contributed by atoms with van der Waals surface area (Å²) in [5, 5.41) is 0. The van der Waals surface area contributed by atoms with Gasteiger partial charge in [0, 0.05) is 25.0 Å². The molecule has 2 aliphatic rings. The first-order chi connectivity index (χ1) is 6.27. The Kier molecular flexibility index (Phi) is 2.36. The maximum Gasteiger partial charge on any atom is 0.226 e. The Morgan fingerprint density at radius 2 is 2.15 bits per heavy atom. The smallest absolute Gasteiger partial charge is 0.226 e. The second-order valence-corrected chi connectivity index (χ2v) is 3.97. The van der Waals surface area contributed by atoms with Gasteiger partial charge < -0.3 is 10.6 Å². The van der Waals surface area contributed by atoms with Crippen molar-refractivity contribution < 1.29 is 4.79 Å². The van der Waals surface area contributed by atoms with Gasteiger partial charge in [0.25, 0.3) is 0 Å². The summed E-state index contributed by atoms with van der Waals surface area (Å²) in [6, 6.07) is 0.272. The van der Waals surface area contributed by atoms with Crippen LogP contribution in [0.25, 0.3) is 0 Å². The minimum Gasteiger partial charge on any atom is -0.338 e. The molecule has 72 valence electrons. The molecule has 2 N–H and O–H groups in total. The van der Waals surface area contributed by atoms with Crippen molar-refractivity contribution in [3.63, 3.8) is 0 Å². The van der Waals surface area contributed by atoms with Crippen LogP contribution in [0, 0.1) is 5.92 Å². The number of hydrogen-bond acceptors (Lipinski definition) is 2. The van der Waals surface area contributed by atoms with E-state index < -0.39 is 0 Å². The van der Waals surface area contributed by atoms with Gasteiger partial charge >= 0.3 is 0 Å². The monoisotopic (exact) mass is 180 g/mol. The second kappa shape index (κ2) is 3.50. The molecular weight excluding hydrogens is 164 g/mol. The van der Waals surface area contributed by atoms with E-state index >= 15 is 0 Å². The standard InChI is InChI=1S/C10H16N2O/c11-9-6-8(7-9)10(13)12-4-2-1-3-5-12/h1-2,8-9H,3-7,11H2. The summed E-state index contributed by atoms with van der Waals surface area (Å²) in [7, 11) is 0. The van der Waals surface area contributed by atoms with Gasteiger partial charge in [0.15, 0.2) is 0 Å². The first-order valence-corrected chi connectivity index (χ1v) is 4.97. The highest BCUT2D eigenvalue weighted by Gasteiger charge is 2.34. The molecule has 1 fully saturated rings. The van der Waals surface area contributed by atoms with Crippen LogP contribution in [-0.2, 0) is 4.79 Å². The molecular formula is C10H16N2O. The molecule has 2 rings (SSSR count). The summed E-state index contributed by atoms with van der Waals surface area (Å²) in [5.74, 6) is 0.535. The van der Waals surface area contributed by atoms with E-state index in [4.69, 9.17) is 5.73 Å². The van der Waals surface area contributed by atoms with Crippen LogP contribution in [0.4, 0.5) is 0 Å². The summed E-state index contributed by atoms with van der Waals surface area (Å²) in [6.45, 7) is 1.69. The molecule has 0 bridgehead atoms. The van der Waals surface area contributed by atoms with Crippen molar-refractivity contribution in [1.29, 1.82) is 0 Å². The van der Waals surface area contributed by atoms with Gasteiger partial charge in [-0.15, -0.1) is 0 Å². The quantitative estimate of drug-likeness (QED) is 0.598. The first-order valence-electron chi connectivity index (χ1n) is 4.97. The zero-order valence-electron chi connectivity index (χ0n) is 7.78. The predicted molar refractivity (Wildman–Crippen MR) is 51.0 cm³/mol. The Labute approximate surface area is 78.6 Å². The summed E-state index contributed by atoms with van der Waals surface area (Å²) >= 11 is 0. The highest BCUT2D eigenvalue weighted by atomic mass is 16.2. The third-order valence-corrected chi connectivity index (χ3v) is 2.89. The van der Waals surface area contributed by atoms with E-state index in [0.29, 0.717) is 5.91 Å². The Bertz CT molecular complexity index is 231. The van der Waals surface area contributed by atoms with Crippen molar-refractivity contribution in [1.82, 2.24) is 4.90 Å². The van der Waals surface area contributed by atoms with Gasteiger partial charge in [0.05, 0.1) is 0 Å². The van der Waals surface area contributed by atoms with E-state index in [1.165, 1.54) is 0 Å². The molecule has 1 aliphatic carbocycles. The largest absolute Gasteiger partial charge is 0.338 e. The van der Waals surface area contributed by atoms with Crippen LogP contribution < -0.4 is 5.73 Å². The molecule has 1 heterocycles. The van der Waals surface area contributed by atoms with Gasteiger partial charge in [-0.3, -0.25) is 4.79 Å². The van der Waals surface area contributed by atoms with Crippen molar-refractivity contribution >= 4 is 5.91 Å². The van der Waals surface area contributed by atoms with Crippen molar-refractivity contribution in [3.8, 4) is 0 Å². The molecule has 3 heteroatoms. The fraction of sp³-hybridized carbons (Fsp3) is 0.700. The van der Waals surface area contributed by atoms with Gasteiger partial charge in [0.2, 0.25) is 5.91 Å². The van der Waals surface area contributed by atoms with Crippen LogP contribution in [0.1, 0.15) is 19.3 Å². The minimum atomic E-state index is 0.224. The van der Waals surface area contributed by atoms with Gasteiger partial charge in [0.1, 0.15) is 0 Å². The number of nitrogens with zero attached hydrogens (tertiary/aromatic N) is 1. The predicted octanol–water partition coefficient (Wildman–Crippen LogP) is 0.512. The third-order valence-electron chi connectivity index (χ3n) is 2.89. The fourth-order valence-corrected chi connectivity index (χ4v) is 1.96. The minimum absolute atomic E-state index is 0.224. The normalized spacial score (nSPS) is 32.8. The number of carbonyl (C=O) groups is 1. The third kappa shape index (κ3) is 1.75. The van der Waals surface area contributed by atoms with Crippen LogP contribution in [-0.4, -0.2) is 29.9 Å². The summed E-state index contributed by atoms with van der Waals surface area (Å²) < 4.78 is 0. The lowest BCUT2D eigenvalue weighted by Gasteiger charge is -2.36. The molecule has 3 nitrogen and oxygen atoms in total. The van der Waals surface area contributed by atoms with E-state index in [-0.39, 0.29) is 12.0 Å². The lowest BCUT2D eigenvalue weighted by Crippen LogP contribution is -2.47. The number of hydrogen-bond donors (Lipinski definition) is 1. The Balaban J connectivity index is 1.86. The SMILES string of the molecule is NC1CC(C(=O)N2CC=CCC2)C1. The van der Waals surface area contributed by atoms with Crippen LogP contribution in [0.5, 0.6) is 0 Å². The molecule has 0 unspecified atom stereocenters. The topological polar surface area (TPSA) is 46.3 Å². The molecule has 0 spiro atoms. The number of carbonyl (C=O) groups excluding carboxylic acids is 1. The van der Waals surface area contributed by atoms with E-state index in [2.05, 4.69) is 12.2 Å². The number of rotatable bonds is 1. The average Bonchev–Trinajstić information content (AvgIpc) is 2.13. The molecule has 0 aromatic rings. The Morgan fingerprint density at radius 1 is 1.38 bits per heavy atom. The molecule has 1 saturated carbocycles. The number of nitrogens with two attached hydrogens (primary N) is 1. The maximum absolute atomic E-state index is 11.8. The van der Waals surface area contributed by atoms with Crippen molar-refractivity contribution in [2.24, 2.45) is 11.7 Å². The summed E-state index contributed by atoms with van der Waals surface area (Å²) in [6.07, 6.45) is 6.99. The van der Waals surface area contributed by atoms with Gasteiger partial charge in [-0.05, 0) is 19.3 Å². The Morgan fingerprint density at radius 3 is 2.69 bits per heavy atom. The maximum atomic E-state index is 11.8. The molecule has 0 atom stereocenters. The van der Waals surface area contributed by atoms with Crippen molar-refractivity contribution in [3.05, 3.63) is 12.2 Å². The van der Waals surface area contributed by atoms with Crippen LogP contribution in [0.15, 0.2) is 12.2 Å². The van der Waals surface area contributed by atoms with E-state index in [1.54, 1.807) is 0 Å². The summed E-state index contributed by atoms with van der Waals surface area (Å²) in [5.41, 5.74) is 5.65. The molecule has 1 aliphatic heterocycles. The second-order valence-electron chi connectivity index (χ2n) is 3.97. The van der Waals surface area contributed by atoms with Crippen molar-refractivity contribution in [2.75, 3.05) is 13.1 Å². The van der Waals surface area contributed by atoms with Crippen molar-refractivity contribution in [2.45, 2.75) is 25.3 Å².